The first-order valence-electron chi connectivity index (χ1n) is 11.8. The molecule has 20 heteroatoms. The number of alkyl halides is 14. The van der Waals surface area contributed by atoms with Gasteiger partial charge in [0.25, 0.3) is 11.8 Å². The normalized spacial score (nSPS) is 15.2. The Bertz CT molecular complexity index is 1640. The number of amides is 2. The van der Waals surface area contributed by atoms with Gasteiger partial charge >= 0.3 is 36.0 Å². The summed E-state index contributed by atoms with van der Waals surface area (Å²) in [5, 5.41) is 2.41. The van der Waals surface area contributed by atoms with Crippen molar-refractivity contribution < 1.29 is 71.1 Å². The molecule has 0 saturated carbocycles. The first-order chi connectivity index (χ1) is 20.3. The van der Waals surface area contributed by atoms with Crippen molar-refractivity contribution in [1.29, 1.82) is 0 Å². The fraction of sp³-hybridized carbons (Fsp3) is 0.320. The van der Waals surface area contributed by atoms with Crippen molar-refractivity contribution in [3.8, 4) is 0 Å². The second-order valence-electron chi connectivity index (χ2n) is 9.61. The molecule has 2 heterocycles. The Morgan fingerprint density at radius 3 is 1.82 bits per heavy atom. The van der Waals surface area contributed by atoms with Gasteiger partial charge in [0.05, 0.1) is 33.9 Å². The van der Waals surface area contributed by atoms with E-state index in [2.05, 4.69) is 5.10 Å². The van der Waals surface area contributed by atoms with Crippen LogP contribution in [0.3, 0.4) is 0 Å². The number of hydrogen-bond acceptors (Lipinski definition) is 3. The minimum atomic E-state index is -7.26. The van der Waals surface area contributed by atoms with Crippen LogP contribution in [0.5, 0.6) is 0 Å². The number of hydrogen-bond donors (Lipinski definition) is 0. The van der Waals surface area contributed by atoms with Crippen LogP contribution in [0.2, 0.25) is 5.02 Å². The van der Waals surface area contributed by atoms with E-state index >= 15 is 0 Å². The van der Waals surface area contributed by atoms with Crippen LogP contribution < -0.4 is 4.90 Å². The highest BCUT2D eigenvalue weighted by Gasteiger charge is 2.79. The number of anilines is 1. The van der Waals surface area contributed by atoms with Crippen LogP contribution in [-0.4, -0.2) is 45.8 Å². The van der Waals surface area contributed by atoms with Gasteiger partial charge in [-0.25, -0.2) is 4.90 Å². The number of nitrogens with zero attached hydrogens (tertiary/aromatic N) is 3. The average Bonchev–Trinajstić information content (AvgIpc) is 3.43. The molecule has 0 atom stereocenters. The van der Waals surface area contributed by atoms with Gasteiger partial charge in [-0.1, -0.05) is 29.8 Å². The molecule has 1 aromatic heterocycles. The first kappa shape index (κ1) is 34.0. The van der Waals surface area contributed by atoms with E-state index in [9.17, 15) is 71.1 Å². The van der Waals surface area contributed by atoms with Gasteiger partial charge < -0.3 is 0 Å². The third-order valence-corrected chi connectivity index (χ3v) is 6.92. The second-order valence-corrected chi connectivity index (χ2v) is 10.0. The Labute approximate surface area is 246 Å². The second kappa shape index (κ2) is 10.3. The van der Waals surface area contributed by atoms with E-state index in [4.69, 9.17) is 11.6 Å². The molecule has 244 valence electrons. The third kappa shape index (κ3) is 5.07. The molecule has 5 nitrogen and oxygen atoms in total. The van der Waals surface area contributed by atoms with Crippen LogP contribution in [0.25, 0.3) is 0 Å². The highest BCUT2D eigenvalue weighted by molar-refractivity contribution is 6.42. The van der Waals surface area contributed by atoms with Gasteiger partial charge in [-0.15, -0.1) is 0 Å². The van der Waals surface area contributed by atoms with E-state index < -0.39 is 71.9 Å². The van der Waals surface area contributed by atoms with E-state index in [1.165, 1.54) is 25.1 Å². The average molecular weight is 688 g/mol. The van der Waals surface area contributed by atoms with E-state index in [1.807, 2.05) is 0 Å². The van der Waals surface area contributed by atoms with Crippen LogP contribution in [0.1, 0.15) is 43.1 Å². The van der Waals surface area contributed by atoms with Crippen molar-refractivity contribution in [3.63, 3.8) is 0 Å². The molecular weight excluding hydrogens is 676 g/mol. The molecule has 4 rings (SSSR count). The number of fused-ring (bicyclic) bond motifs is 1. The number of aromatic nitrogens is 2. The molecular formula is C25H12ClF14N3O2. The zero-order chi connectivity index (χ0) is 34.3. The van der Waals surface area contributed by atoms with E-state index in [-0.39, 0.29) is 37.6 Å². The number of halogens is 15. The lowest BCUT2D eigenvalue weighted by atomic mass is 9.96. The van der Waals surface area contributed by atoms with Gasteiger partial charge in [-0.3, -0.25) is 14.3 Å². The van der Waals surface area contributed by atoms with Crippen LogP contribution in [0.4, 0.5) is 67.2 Å². The summed E-state index contributed by atoms with van der Waals surface area (Å²) in [6, 6.07) is 6.99. The maximum absolute atomic E-state index is 14.5. The molecule has 2 amide bonds. The SMILES string of the molecule is Cc1cc(Cn2cc(C(F)(F)C(F)(F)C(F)(F)F)c(C(F)(F)C(F)(F)C(F)(F)F)n2)ccc1N1C(=O)c2cccc(Cl)c2C1=O. The van der Waals surface area contributed by atoms with Crippen LogP contribution in [0.15, 0.2) is 42.6 Å². The molecule has 45 heavy (non-hydrogen) atoms. The number of carbonyl (C=O) groups is 2. The standard InChI is InChI=1S/C25H12ClF14N3O2/c1-10-7-11(5-6-15(10)43-18(44)12-3-2-4-14(26)16(12)19(43)45)8-42-9-13(20(27,28)22(31,32)24(35,36)37)17(41-42)21(29,30)23(33,34)25(38,39)40/h2-7,9H,8H2,1H3. The molecule has 0 N–H and O–H groups in total. The van der Waals surface area contributed by atoms with Crippen molar-refractivity contribution in [2.24, 2.45) is 0 Å². The summed E-state index contributed by atoms with van der Waals surface area (Å²) in [5.74, 6) is -29.9. The Kier molecular flexibility index (Phi) is 7.79. The zero-order valence-corrected chi connectivity index (χ0v) is 22.3. The highest BCUT2D eigenvalue weighted by atomic mass is 35.5. The lowest BCUT2D eigenvalue weighted by molar-refractivity contribution is -0.367. The molecule has 1 aliphatic heterocycles. The molecule has 2 aromatic carbocycles. The summed E-state index contributed by atoms with van der Waals surface area (Å²) < 4.78 is 189. The summed E-state index contributed by atoms with van der Waals surface area (Å²) in [5.41, 5.74) is -7.25. The molecule has 0 unspecified atom stereocenters. The molecule has 1 aliphatic rings. The van der Waals surface area contributed by atoms with Gasteiger partial charge in [0.2, 0.25) is 0 Å². The number of rotatable bonds is 7. The zero-order valence-electron chi connectivity index (χ0n) is 21.6. The van der Waals surface area contributed by atoms with Gasteiger partial charge in [0, 0.05) is 6.20 Å². The number of imide groups is 1. The molecule has 3 aromatic rings. The van der Waals surface area contributed by atoms with E-state index in [1.54, 1.807) is 0 Å². The fourth-order valence-corrected chi connectivity index (χ4v) is 4.61. The molecule has 0 fully saturated rings. The largest absolute Gasteiger partial charge is 0.460 e. The topological polar surface area (TPSA) is 55.2 Å². The first-order valence-corrected chi connectivity index (χ1v) is 12.2. The molecule has 0 radical (unpaired) electrons. The number of aryl methyl sites for hydroxylation is 1. The van der Waals surface area contributed by atoms with E-state index in [0.717, 1.165) is 18.2 Å². The summed E-state index contributed by atoms with van der Waals surface area (Å²) in [6.07, 6.45) is -15.0. The Morgan fingerprint density at radius 1 is 0.756 bits per heavy atom. The van der Waals surface area contributed by atoms with Crippen molar-refractivity contribution in [1.82, 2.24) is 9.78 Å². The van der Waals surface area contributed by atoms with Gasteiger partial charge in [0.1, 0.15) is 5.69 Å². The van der Waals surface area contributed by atoms with Gasteiger partial charge in [-0.05, 0) is 36.2 Å². The number of carbonyl (C=O) groups excluding carboxylic acids is 2. The minimum absolute atomic E-state index is 0.00796. The smallest absolute Gasteiger partial charge is 0.268 e. The van der Waals surface area contributed by atoms with E-state index in [0.29, 0.717) is 4.90 Å². The lowest BCUT2D eigenvalue weighted by Crippen LogP contribution is -2.53. The monoisotopic (exact) mass is 687 g/mol. The van der Waals surface area contributed by atoms with Crippen LogP contribution >= 0.6 is 11.6 Å². The Hall–Kier alpha value is -3.90. The summed E-state index contributed by atoms with van der Waals surface area (Å²) in [7, 11) is 0. The van der Waals surface area contributed by atoms with Gasteiger partial charge in [0.15, 0.2) is 0 Å². The molecule has 0 spiro atoms. The van der Waals surface area contributed by atoms with Crippen molar-refractivity contribution >= 4 is 29.1 Å². The molecule has 0 saturated heterocycles. The highest BCUT2D eigenvalue weighted by Crippen LogP contribution is 2.57. The summed E-state index contributed by atoms with van der Waals surface area (Å²) >= 11 is 5.99. The predicted octanol–water partition coefficient (Wildman–Crippen LogP) is 8.27. The van der Waals surface area contributed by atoms with Crippen molar-refractivity contribution in [3.05, 3.63) is 81.1 Å². The quantitative estimate of drug-likeness (QED) is 0.186. The summed E-state index contributed by atoms with van der Waals surface area (Å²) in [4.78, 5) is 26.4. The van der Waals surface area contributed by atoms with Crippen molar-refractivity contribution in [2.75, 3.05) is 4.90 Å². The lowest BCUT2D eigenvalue weighted by Gasteiger charge is -2.31. The van der Waals surface area contributed by atoms with Gasteiger partial charge in [-0.2, -0.15) is 66.6 Å². The minimum Gasteiger partial charge on any atom is -0.268 e. The maximum Gasteiger partial charge on any atom is 0.460 e. The predicted molar refractivity (Wildman–Crippen MR) is 125 cm³/mol. The Balaban J connectivity index is 1.79. The summed E-state index contributed by atoms with van der Waals surface area (Å²) in [6.45, 7) is 0.101. The van der Waals surface area contributed by atoms with Crippen molar-refractivity contribution in [2.45, 2.75) is 49.5 Å². The van der Waals surface area contributed by atoms with Crippen LogP contribution in [-0.2, 0) is 18.4 Å². The third-order valence-electron chi connectivity index (χ3n) is 6.61. The molecule has 0 aliphatic carbocycles. The van der Waals surface area contributed by atoms with Crippen LogP contribution in [0, 0.1) is 6.92 Å². The Morgan fingerprint density at radius 2 is 1.31 bits per heavy atom. The fourth-order valence-electron chi connectivity index (χ4n) is 4.35. The molecule has 0 bridgehead atoms. The maximum atomic E-state index is 14.5. The number of benzene rings is 2.